The Morgan fingerprint density at radius 2 is 1.87 bits per heavy atom. The van der Waals surface area contributed by atoms with E-state index >= 15 is 0 Å². The van der Waals surface area contributed by atoms with Gasteiger partial charge in [-0.3, -0.25) is 23.5 Å². The second-order valence-electron chi connectivity index (χ2n) is 7.03. The third-order valence-corrected chi connectivity index (χ3v) is 8.29. The number of nitrogens with one attached hydrogen (secondary N) is 1. The van der Waals surface area contributed by atoms with Gasteiger partial charge in [-0.15, -0.1) is 11.3 Å². The molecule has 2 aromatic rings. The van der Waals surface area contributed by atoms with Gasteiger partial charge in [-0.2, -0.15) is 4.31 Å². The minimum Gasteiger partial charge on any atom is -0.455 e. The van der Waals surface area contributed by atoms with E-state index in [1.54, 1.807) is 11.4 Å². The summed E-state index contributed by atoms with van der Waals surface area (Å²) in [6, 6.07) is 4.29. The maximum atomic E-state index is 12.5. The monoisotopic (exact) mass is 470 g/mol. The maximum absolute atomic E-state index is 12.5. The molecule has 2 aromatic heterocycles. The molecule has 1 saturated heterocycles. The number of hydrogen-bond acceptors (Lipinski definition) is 8. The highest BCUT2D eigenvalue weighted by molar-refractivity contribution is 7.91. The number of thiophene rings is 1. The predicted molar refractivity (Wildman–Crippen MR) is 112 cm³/mol. The summed E-state index contributed by atoms with van der Waals surface area (Å²) in [7, 11) is -0.857. The van der Waals surface area contributed by atoms with E-state index in [4.69, 9.17) is 4.74 Å². The van der Waals surface area contributed by atoms with Gasteiger partial charge < -0.3 is 10.1 Å². The number of ether oxygens (including phenoxy) is 1. The van der Waals surface area contributed by atoms with Crippen LogP contribution in [-0.4, -0.2) is 53.4 Å². The van der Waals surface area contributed by atoms with Gasteiger partial charge in [-0.05, 0) is 24.3 Å². The Morgan fingerprint density at radius 3 is 2.48 bits per heavy atom. The van der Waals surface area contributed by atoms with Crippen LogP contribution in [0.2, 0.25) is 0 Å². The molecule has 0 aromatic carbocycles. The molecule has 1 amide bonds. The second-order valence-corrected chi connectivity index (χ2v) is 10.1. The Labute approximate surface area is 181 Å². The first kappa shape index (κ1) is 22.9. The average Bonchev–Trinajstić information content (AvgIpc) is 3.30. The number of esters is 1. The van der Waals surface area contributed by atoms with Gasteiger partial charge in [0.1, 0.15) is 10.0 Å². The first-order valence-electron chi connectivity index (χ1n) is 9.38. The Morgan fingerprint density at radius 1 is 1.19 bits per heavy atom. The molecule has 1 N–H and O–H groups in total. The number of carbonyl (C=O) groups excluding carboxylic acids is 2. The van der Waals surface area contributed by atoms with Crippen molar-refractivity contribution in [2.45, 2.75) is 17.1 Å². The van der Waals surface area contributed by atoms with Gasteiger partial charge >= 0.3 is 11.7 Å². The number of anilines is 1. The zero-order valence-electron chi connectivity index (χ0n) is 16.9. The first-order chi connectivity index (χ1) is 14.6. The molecule has 11 nitrogen and oxygen atoms in total. The molecule has 0 spiro atoms. The van der Waals surface area contributed by atoms with Crippen molar-refractivity contribution in [2.75, 3.05) is 25.0 Å². The highest BCUT2D eigenvalue weighted by Crippen LogP contribution is 2.26. The summed E-state index contributed by atoms with van der Waals surface area (Å²) >= 11 is 1.14. The van der Waals surface area contributed by atoms with E-state index in [-0.39, 0.29) is 36.0 Å². The third-order valence-electron chi connectivity index (χ3n) is 5.02. The number of amides is 1. The van der Waals surface area contributed by atoms with Crippen molar-refractivity contribution in [2.24, 2.45) is 20.0 Å². The standard InChI is InChI=1S/C18H22N4O7S2/c1-20-13(10-15(24)21(2)18(20)26)19-14(23)11-29-17(25)12-5-7-22(8-6-12)31(27,28)16-4-3-9-30-16/h3-4,9-10,12H,5-8,11H2,1-2H3,(H,19,23). The van der Waals surface area contributed by atoms with Crippen LogP contribution >= 0.6 is 11.3 Å². The SMILES string of the molecule is Cn1c(NC(=O)COC(=O)C2CCN(S(=O)(=O)c3cccs3)CC2)cc(=O)n(C)c1=O. The largest absolute Gasteiger partial charge is 0.455 e. The lowest BCUT2D eigenvalue weighted by Crippen LogP contribution is -2.41. The van der Waals surface area contributed by atoms with Gasteiger partial charge in [0.2, 0.25) is 0 Å². The molecule has 0 unspecified atom stereocenters. The number of piperidine rings is 1. The lowest BCUT2D eigenvalue weighted by molar-refractivity contribution is -0.152. The number of hydrogen-bond donors (Lipinski definition) is 1. The number of rotatable bonds is 6. The molecule has 0 aliphatic carbocycles. The van der Waals surface area contributed by atoms with Crippen molar-refractivity contribution in [3.63, 3.8) is 0 Å². The average molecular weight is 471 g/mol. The van der Waals surface area contributed by atoms with E-state index < -0.39 is 45.7 Å². The van der Waals surface area contributed by atoms with Crippen molar-refractivity contribution in [1.29, 1.82) is 0 Å². The maximum Gasteiger partial charge on any atom is 0.332 e. The molecule has 0 bridgehead atoms. The van der Waals surface area contributed by atoms with Gasteiger partial charge in [0, 0.05) is 33.3 Å². The van der Waals surface area contributed by atoms with Crippen LogP contribution in [0.25, 0.3) is 0 Å². The fraction of sp³-hybridized carbons (Fsp3) is 0.444. The van der Waals surface area contributed by atoms with Crippen LogP contribution in [0.15, 0.2) is 37.4 Å². The van der Waals surface area contributed by atoms with Crippen LogP contribution in [-0.2, 0) is 38.4 Å². The summed E-state index contributed by atoms with van der Waals surface area (Å²) in [5.41, 5.74) is -1.19. The van der Waals surface area contributed by atoms with Crippen LogP contribution in [0.4, 0.5) is 5.82 Å². The summed E-state index contributed by atoms with van der Waals surface area (Å²) < 4.78 is 33.7. The third kappa shape index (κ3) is 4.94. The Hall–Kier alpha value is -2.77. The quantitative estimate of drug-likeness (QED) is 0.574. The second kappa shape index (κ2) is 9.16. The Kier molecular flexibility index (Phi) is 6.77. The fourth-order valence-corrected chi connectivity index (χ4v) is 5.77. The lowest BCUT2D eigenvalue weighted by Gasteiger charge is -2.29. The lowest BCUT2D eigenvalue weighted by atomic mass is 9.98. The molecular formula is C18H22N4O7S2. The van der Waals surface area contributed by atoms with Gasteiger partial charge in [0.15, 0.2) is 6.61 Å². The molecule has 0 saturated carbocycles. The molecule has 0 atom stereocenters. The van der Waals surface area contributed by atoms with E-state index in [0.29, 0.717) is 0 Å². The molecule has 3 rings (SSSR count). The van der Waals surface area contributed by atoms with Gasteiger partial charge in [0.05, 0.1) is 5.92 Å². The minimum absolute atomic E-state index is 0.0127. The number of aromatic nitrogens is 2. The van der Waals surface area contributed by atoms with E-state index in [1.165, 1.54) is 24.5 Å². The predicted octanol–water partition coefficient (Wildman–Crippen LogP) is -0.272. The fourth-order valence-electron chi connectivity index (χ4n) is 3.16. The molecular weight excluding hydrogens is 448 g/mol. The highest BCUT2D eigenvalue weighted by Gasteiger charge is 2.33. The molecule has 168 valence electrons. The first-order valence-corrected chi connectivity index (χ1v) is 11.7. The molecule has 1 fully saturated rings. The zero-order chi connectivity index (χ0) is 22.8. The summed E-state index contributed by atoms with van der Waals surface area (Å²) in [6.45, 7) is -0.223. The molecule has 31 heavy (non-hydrogen) atoms. The van der Waals surface area contributed by atoms with E-state index in [9.17, 15) is 27.6 Å². The van der Waals surface area contributed by atoms with E-state index in [2.05, 4.69) is 5.32 Å². The molecule has 1 aliphatic heterocycles. The highest BCUT2D eigenvalue weighted by atomic mass is 32.2. The van der Waals surface area contributed by atoms with Crippen LogP contribution in [0.3, 0.4) is 0 Å². The Balaban J connectivity index is 1.51. The number of sulfonamides is 1. The van der Waals surface area contributed by atoms with Crippen molar-refractivity contribution in [1.82, 2.24) is 13.4 Å². The van der Waals surface area contributed by atoms with Gasteiger partial charge in [0.25, 0.3) is 21.5 Å². The minimum atomic E-state index is -3.56. The smallest absolute Gasteiger partial charge is 0.332 e. The van der Waals surface area contributed by atoms with Crippen LogP contribution in [0, 0.1) is 5.92 Å². The van der Waals surface area contributed by atoms with Crippen LogP contribution < -0.4 is 16.6 Å². The summed E-state index contributed by atoms with van der Waals surface area (Å²) in [6.07, 6.45) is 0.572. The van der Waals surface area contributed by atoms with Crippen molar-refractivity contribution < 1.29 is 22.7 Å². The summed E-state index contributed by atoms with van der Waals surface area (Å²) in [5.74, 6) is -1.83. The van der Waals surface area contributed by atoms with Crippen molar-refractivity contribution in [3.05, 3.63) is 44.4 Å². The molecule has 1 aliphatic rings. The van der Waals surface area contributed by atoms with Gasteiger partial charge in [-0.1, -0.05) is 6.07 Å². The van der Waals surface area contributed by atoms with Crippen LogP contribution in [0.1, 0.15) is 12.8 Å². The molecule has 13 heteroatoms. The van der Waals surface area contributed by atoms with Gasteiger partial charge in [-0.25, -0.2) is 13.2 Å². The zero-order valence-corrected chi connectivity index (χ0v) is 18.6. The molecule has 0 radical (unpaired) electrons. The van der Waals surface area contributed by atoms with Crippen LogP contribution in [0.5, 0.6) is 0 Å². The number of nitrogens with zero attached hydrogens (tertiary/aromatic N) is 3. The summed E-state index contributed by atoms with van der Waals surface area (Å²) in [4.78, 5) is 47.9. The topological polar surface area (TPSA) is 137 Å². The van der Waals surface area contributed by atoms with E-state index in [1.807, 2.05) is 0 Å². The number of carbonyl (C=O) groups is 2. The Bertz CT molecular complexity index is 1190. The van der Waals surface area contributed by atoms with Crippen molar-refractivity contribution in [3.8, 4) is 0 Å². The van der Waals surface area contributed by atoms with Crippen molar-refractivity contribution >= 4 is 39.1 Å². The van der Waals surface area contributed by atoms with E-state index in [0.717, 1.165) is 26.5 Å². The summed E-state index contributed by atoms with van der Waals surface area (Å²) in [5, 5.41) is 4.05. The molecule has 3 heterocycles. The normalized spacial score (nSPS) is 15.5.